The lowest BCUT2D eigenvalue weighted by Crippen LogP contribution is -2.48. The Hall–Kier alpha value is -3.42. The second kappa shape index (κ2) is 9.21. The predicted molar refractivity (Wildman–Crippen MR) is 123 cm³/mol. The number of aryl methyl sites for hydroxylation is 1. The summed E-state index contributed by atoms with van der Waals surface area (Å²) in [5.41, 5.74) is 2.02. The Labute approximate surface area is 193 Å². The van der Waals surface area contributed by atoms with Crippen molar-refractivity contribution in [1.29, 1.82) is 0 Å². The number of non-ortho nitro benzene ring substituents is 1. The number of nitro benzene ring substituents is 1. The Balaban J connectivity index is 1.41. The van der Waals surface area contributed by atoms with Crippen LogP contribution < -0.4 is 10.2 Å². The van der Waals surface area contributed by atoms with Crippen molar-refractivity contribution in [3.05, 3.63) is 69.8 Å². The van der Waals surface area contributed by atoms with Gasteiger partial charge in [-0.2, -0.15) is 4.31 Å². The third kappa shape index (κ3) is 4.99. The highest BCUT2D eigenvalue weighted by molar-refractivity contribution is 7.91. The molecule has 1 aliphatic rings. The summed E-state index contributed by atoms with van der Waals surface area (Å²) in [6, 6.07) is 13.3. The van der Waals surface area contributed by atoms with Gasteiger partial charge in [0.05, 0.1) is 4.92 Å². The third-order valence-electron chi connectivity index (χ3n) is 5.14. The van der Waals surface area contributed by atoms with Gasteiger partial charge in [-0.15, -0.1) is 10.2 Å². The maximum Gasteiger partial charge on any atom is 0.272 e. The Morgan fingerprint density at radius 2 is 1.79 bits per heavy atom. The Bertz CT molecular complexity index is 1280. The van der Waals surface area contributed by atoms with Crippen LogP contribution in [0.1, 0.15) is 15.9 Å². The van der Waals surface area contributed by atoms with Gasteiger partial charge in [0.25, 0.3) is 21.6 Å². The van der Waals surface area contributed by atoms with Gasteiger partial charge in [0.2, 0.25) is 9.47 Å². The largest absolute Gasteiger partial charge is 0.369 e. The molecule has 2 aromatic carbocycles. The maximum atomic E-state index is 13.0. The average Bonchev–Trinajstić information content (AvgIpc) is 3.29. The highest BCUT2D eigenvalue weighted by atomic mass is 32.2. The highest BCUT2D eigenvalue weighted by Crippen LogP contribution is 2.26. The van der Waals surface area contributed by atoms with E-state index >= 15 is 0 Å². The second-order valence-electron chi connectivity index (χ2n) is 7.36. The molecule has 0 atom stereocenters. The Kier molecular flexibility index (Phi) is 6.35. The molecule has 1 fully saturated rings. The summed E-state index contributed by atoms with van der Waals surface area (Å²) in [6.45, 7) is 3.68. The van der Waals surface area contributed by atoms with Crippen LogP contribution in [0.5, 0.6) is 0 Å². The van der Waals surface area contributed by atoms with Gasteiger partial charge in [0.1, 0.15) is 0 Å². The van der Waals surface area contributed by atoms with Crippen molar-refractivity contribution in [1.82, 2.24) is 14.5 Å². The van der Waals surface area contributed by atoms with Gasteiger partial charge >= 0.3 is 0 Å². The molecule has 1 saturated heterocycles. The van der Waals surface area contributed by atoms with E-state index in [9.17, 15) is 23.3 Å². The zero-order valence-electron chi connectivity index (χ0n) is 17.5. The van der Waals surface area contributed by atoms with Gasteiger partial charge < -0.3 is 4.90 Å². The number of nitro groups is 1. The van der Waals surface area contributed by atoms with Crippen molar-refractivity contribution >= 4 is 43.8 Å². The van der Waals surface area contributed by atoms with E-state index in [-0.39, 0.29) is 20.7 Å². The molecule has 1 N–H and O–H groups in total. The van der Waals surface area contributed by atoms with Crippen molar-refractivity contribution in [2.75, 3.05) is 36.4 Å². The standard InChI is InChI=1S/C20H20N6O5S2/c1-14-5-7-16(8-6-14)24-9-11-25(12-10-24)33(30,31)20-23-22-19(32-20)21-18(27)15-3-2-4-17(13-15)26(28)29/h2-8,13H,9-12H2,1H3,(H,21,22,27). The average molecular weight is 489 g/mol. The van der Waals surface area contributed by atoms with Gasteiger partial charge in [-0.05, 0) is 25.1 Å². The molecular weight excluding hydrogens is 468 g/mol. The topological polar surface area (TPSA) is 139 Å². The first-order chi connectivity index (χ1) is 15.7. The number of anilines is 2. The van der Waals surface area contributed by atoms with Crippen LogP contribution in [0.2, 0.25) is 0 Å². The van der Waals surface area contributed by atoms with E-state index in [1.807, 2.05) is 31.2 Å². The van der Waals surface area contributed by atoms with Crippen LogP contribution in [0.4, 0.5) is 16.5 Å². The number of carbonyl (C=O) groups is 1. The molecule has 4 rings (SSSR count). The number of rotatable bonds is 6. The number of nitrogens with one attached hydrogen (secondary N) is 1. The minimum Gasteiger partial charge on any atom is -0.369 e. The van der Waals surface area contributed by atoms with E-state index in [1.165, 1.54) is 22.5 Å². The lowest BCUT2D eigenvalue weighted by Gasteiger charge is -2.34. The van der Waals surface area contributed by atoms with Crippen LogP contribution >= 0.6 is 11.3 Å². The molecule has 0 aliphatic carbocycles. The molecule has 13 heteroatoms. The summed E-state index contributed by atoms with van der Waals surface area (Å²) >= 11 is 0.734. The number of nitrogens with zero attached hydrogens (tertiary/aromatic N) is 5. The highest BCUT2D eigenvalue weighted by Gasteiger charge is 2.32. The van der Waals surface area contributed by atoms with E-state index in [0.29, 0.717) is 26.2 Å². The van der Waals surface area contributed by atoms with Crippen LogP contribution in [0.3, 0.4) is 0 Å². The normalized spacial score (nSPS) is 14.8. The number of benzene rings is 2. The van der Waals surface area contributed by atoms with E-state index in [4.69, 9.17) is 0 Å². The first-order valence-corrected chi connectivity index (χ1v) is 12.2. The van der Waals surface area contributed by atoms with Crippen LogP contribution in [-0.2, 0) is 10.0 Å². The molecule has 0 unspecified atom stereocenters. The molecule has 1 amide bonds. The lowest BCUT2D eigenvalue weighted by atomic mass is 10.2. The summed E-state index contributed by atoms with van der Waals surface area (Å²) < 4.78 is 27.1. The first-order valence-electron chi connectivity index (χ1n) is 9.95. The molecular formula is C20H20N6O5S2. The molecule has 0 radical (unpaired) electrons. The summed E-state index contributed by atoms with van der Waals surface area (Å²) in [5.74, 6) is -0.648. The van der Waals surface area contributed by atoms with Crippen molar-refractivity contribution in [3.63, 3.8) is 0 Å². The molecule has 3 aromatic rings. The smallest absolute Gasteiger partial charge is 0.272 e. The molecule has 0 bridgehead atoms. The quantitative estimate of drug-likeness (QED) is 0.317. The molecule has 172 valence electrons. The maximum absolute atomic E-state index is 13.0. The monoisotopic (exact) mass is 488 g/mol. The predicted octanol–water partition coefficient (Wildman–Crippen LogP) is 2.52. The SMILES string of the molecule is Cc1ccc(N2CCN(S(=O)(=O)c3nnc(NC(=O)c4cccc([N+](=O)[O-])c4)s3)CC2)cc1. The first kappa shape index (κ1) is 22.8. The van der Waals surface area contributed by atoms with E-state index in [2.05, 4.69) is 20.4 Å². The molecule has 1 aliphatic heterocycles. The number of aromatic nitrogens is 2. The van der Waals surface area contributed by atoms with Crippen molar-refractivity contribution in [2.24, 2.45) is 0 Å². The lowest BCUT2D eigenvalue weighted by molar-refractivity contribution is -0.384. The molecule has 0 saturated carbocycles. The summed E-state index contributed by atoms with van der Waals surface area (Å²) in [6.07, 6.45) is 0. The van der Waals surface area contributed by atoms with Crippen LogP contribution in [0.25, 0.3) is 0 Å². The van der Waals surface area contributed by atoms with Gasteiger partial charge in [-0.25, -0.2) is 8.42 Å². The van der Waals surface area contributed by atoms with Gasteiger partial charge in [-0.1, -0.05) is 35.1 Å². The fourth-order valence-electron chi connectivity index (χ4n) is 3.35. The zero-order chi connectivity index (χ0) is 23.6. The van der Waals surface area contributed by atoms with Crippen LogP contribution in [0.15, 0.2) is 52.9 Å². The van der Waals surface area contributed by atoms with Crippen LogP contribution in [0, 0.1) is 17.0 Å². The number of hydrogen-bond acceptors (Lipinski definition) is 9. The van der Waals surface area contributed by atoms with E-state index in [0.717, 1.165) is 28.7 Å². The number of carbonyl (C=O) groups excluding carboxylic acids is 1. The third-order valence-corrected chi connectivity index (χ3v) is 8.23. The fourth-order valence-corrected chi connectivity index (χ4v) is 5.80. The van der Waals surface area contributed by atoms with Gasteiger partial charge in [0.15, 0.2) is 0 Å². The molecule has 2 heterocycles. The van der Waals surface area contributed by atoms with E-state index in [1.54, 1.807) is 0 Å². The molecule has 33 heavy (non-hydrogen) atoms. The van der Waals surface area contributed by atoms with Crippen molar-refractivity contribution < 1.29 is 18.1 Å². The fraction of sp³-hybridized carbons (Fsp3) is 0.250. The molecule has 0 spiro atoms. The summed E-state index contributed by atoms with van der Waals surface area (Å²) in [5, 5.41) is 20.8. The van der Waals surface area contributed by atoms with Gasteiger partial charge in [0, 0.05) is 49.6 Å². The number of sulfonamides is 1. The van der Waals surface area contributed by atoms with Crippen molar-refractivity contribution in [2.45, 2.75) is 11.3 Å². The number of amides is 1. The summed E-state index contributed by atoms with van der Waals surface area (Å²) in [4.78, 5) is 24.8. The molecule has 11 nitrogen and oxygen atoms in total. The van der Waals surface area contributed by atoms with Crippen molar-refractivity contribution in [3.8, 4) is 0 Å². The number of hydrogen-bond donors (Lipinski definition) is 1. The molecule has 1 aromatic heterocycles. The van der Waals surface area contributed by atoms with E-state index < -0.39 is 20.9 Å². The van der Waals surface area contributed by atoms with Crippen LogP contribution in [-0.4, -0.2) is 59.9 Å². The zero-order valence-corrected chi connectivity index (χ0v) is 19.2. The Morgan fingerprint density at radius 3 is 2.45 bits per heavy atom. The minimum atomic E-state index is -3.86. The Morgan fingerprint density at radius 1 is 1.09 bits per heavy atom. The second-order valence-corrected chi connectivity index (χ2v) is 10.5. The van der Waals surface area contributed by atoms with Gasteiger partial charge in [-0.3, -0.25) is 20.2 Å². The number of piperazine rings is 1. The minimum absolute atomic E-state index is 0.0108. The summed E-state index contributed by atoms with van der Waals surface area (Å²) in [7, 11) is -3.86.